The van der Waals surface area contributed by atoms with Gasteiger partial charge in [0.2, 0.25) is 0 Å². The molecule has 1 amide bonds. The van der Waals surface area contributed by atoms with Crippen LogP contribution in [0.25, 0.3) is 0 Å². The van der Waals surface area contributed by atoms with E-state index in [1.54, 1.807) is 24.3 Å². The maximum atomic E-state index is 11.6. The van der Waals surface area contributed by atoms with Crippen LogP contribution in [0.15, 0.2) is 24.3 Å². The van der Waals surface area contributed by atoms with Gasteiger partial charge in [-0.2, -0.15) is 0 Å². The number of nitrogens with two attached hydrogens (primary N) is 1. The van der Waals surface area contributed by atoms with Crippen LogP contribution in [0.3, 0.4) is 0 Å². The van der Waals surface area contributed by atoms with E-state index in [1.807, 2.05) is 6.92 Å². The minimum Gasteiger partial charge on any atom is -0.399 e. The molecule has 4 N–H and O–H groups in total. The molecule has 0 aromatic heterocycles. The minimum absolute atomic E-state index is 0.0277. The standard InChI is InChI=1S/C11H16N2O2/c1-8(6-7-14)13-11(15)9-2-4-10(12)5-3-9/h2-5,8,14H,6-7,12H2,1H3,(H,13,15). The Balaban J connectivity index is 2.57. The molecule has 0 aliphatic rings. The van der Waals surface area contributed by atoms with Crippen LogP contribution in [0, 0.1) is 0 Å². The summed E-state index contributed by atoms with van der Waals surface area (Å²) in [6.07, 6.45) is 0.556. The van der Waals surface area contributed by atoms with E-state index in [2.05, 4.69) is 5.32 Å². The molecule has 0 aliphatic heterocycles. The fourth-order valence-corrected chi connectivity index (χ4v) is 1.21. The molecule has 1 rings (SSSR count). The number of hydrogen-bond donors (Lipinski definition) is 3. The zero-order valence-corrected chi connectivity index (χ0v) is 8.73. The van der Waals surface area contributed by atoms with Crippen LogP contribution in [0.5, 0.6) is 0 Å². The first-order valence-corrected chi connectivity index (χ1v) is 4.90. The van der Waals surface area contributed by atoms with Crippen molar-refractivity contribution in [2.75, 3.05) is 12.3 Å². The molecule has 0 heterocycles. The summed E-state index contributed by atoms with van der Waals surface area (Å²) in [5.41, 5.74) is 6.72. The average molecular weight is 208 g/mol. The molecule has 4 nitrogen and oxygen atoms in total. The predicted octanol–water partition coefficient (Wildman–Crippen LogP) is 0.770. The third-order valence-corrected chi connectivity index (χ3v) is 2.11. The highest BCUT2D eigenvalue weighted by atomic mass is 16.3. The molecule has 1 atom stereocenters. The van der Waals surface area contributed by atoms with Gasteiger partial charge >= 0.3 is 0 Å². The van der Waals surface area contributed by atoms with Gasteiger partial charge in [-0.1, -0.05) is 0 Å². The number of nitrogen functional groups attached to an aromatic ring is 1. The zero-order valence-electron chi connectivity index (χ0n) is 8.73. The number of anilines is 1. The third-order valence-electron chi connectivity index (χ3n) is 2.11. The monoisotopic (exact) mass is 208 g/mol. The van der Waals surface area contributed by atoms with Gasteiger partial charge in [0.25, 0.3) is 5.91 Å². The molecule has 4 heteroatoms. The normalized spacial score (nSPS) is 12.1. The van der Waals surface area contributed by atoms with Crippen molar-refractivity contribution in [2.24, 2.45) is 0 Å². The van der Waals surface area contributed by atoms with Crippen LogP contribution >= 0.6 is 0 Å². The van der Waals surface area contributed by atoms with E-state index in [9.17, 15) is 4.79 Å². The SMILES string of the molecule is CC(CCO)NC(=O)c1ccc(N)cc1. The Bertz CT molecular complexity index is 322. The van der Waals surface area contributed by atoms with E-state index < -0.39 is 0 Å². The summed E-state index contributed by atoms with van der Waals surface area (Å²) >= 11 is 0. The average Bonchev–Trinajstić information content (AvgIpc) is 2.18. The van der Waals surface area contributed by atoms with Gasteiger partial charge in [-0.15, -0.1) is 0 Å². The molecular weight excluding hydrogens is 192 g/mol. The van der Waals surface area contributed by atoms with Gasteiger partial charge in [0.1, 0.15) is 0 Å². The van der Waals surface area contributed by atoms with Crippen LogP contribution in [0.4, 0.5) is 5.69 Å². The maximum Gasteiger partial charge on any atom is 0.251 e. The van der Waals surface area contributed by atoms with E-state index in [0.29, 0.717) is 17.7 Å². The Morgan fingerprint density at radius 2 is 2.07 bits per heavy atom. The maximum absolute atomic E-state index is 11.6. The Morgan fingerprint density at radius 3 is 2.60 bits per heavy atom. The summed E-state index contributed by atoms with van der Waals surface area (Å²) in [6.45, 7) is 1.93. The van der Waals surface area contributed by atoms with Crippen LogP contribution in [0.2, 0.25) is 0 Å². The Hall–Kier alpha value is -1.55. The number of rotatable bonds is 4. The molecule has 0 spiro atoms. The van der Waals surface area contributed by atoms with Gasteiger partial charge in [0.05, 0.1) is 0 Å². The number of hydrogen-bond acceptors (Lipinski definition) is 3. The van der Waals surface area contributed by atoms with Crippen molar-refractivity contribution in [1.82, 2.24) is 5.32 Å². The van der Waals surface area contributed by atoms with E-state index in [-0.39, 0.29) is 18.6 Å². The van der Waals surface area contributed by atoms with Crippen molar-refractivity contribution in [3.8, 4) is 0 Å². The first kappa shape index (κ1) is 11.5. The van der Waals surface area contributed by atoms with Gasteiger partial charge in [-0.25, -0.2) is 0 Å². The molecule has 1 unspecified atom stereocenters. The molecule has 0 saturated carbocycles. The quantitative estimate of drug-likeness (QED) is 0.640. The van der Waals surface area contributed by atoms with Gasteiger partial charge < -0.3 is 16.2 Å². The lowest BCUT2D eigenvalue weighted by Gasteiger charge is -2.12. The summed E-state index contributed by atoms with van der Waals surface area (Å²) in [5, 5.41) is 11.5. The molecular formula is C11H16N2O2. The topological polar surface area (TPSA) is 75.3 Å². The van der Waals surface area contributed by atoms with Gasteiger partial charge in [0.15, 0.2) is 0 Å². The van der Waals surface area contributed by atoms with E-state index >= 15 is 0 Å². The molecule has 82 valence electrons. The van der Waals surface area contributed by atoms with E-state index in [4.69, 9.17) is 10.8 Å². The van der Waals surface area contributed by atoms with Crippen molar-refractivity contribution >= 4 is 11.6 Å². The van der Waals surface area contributed by atoms with Crippen LogP contribution in [-0.4, -0.2) is 23.7 Å². The second-order valence-electron chi connectivity index (χ2n) is 3.51. The summed E-state index contributed by atoms with van der Waals surface area (Å²) < 4.78 is 0. The van der Waals surface area contributed by atoms with Crippen molar-refractivity contribution in [1.29, 1.82) is 0 Å². The van der Waals surface area contributed by atoms with E-state index in [1.165, 1.54) is 0 Å². The second kappa shape index (κ2) is 5.36. The number of benzene rings is 1. The number of carbonyl (C=O) groups is 1. The van der Waals surface area contributed by atoms with Gasteiger partial charge in [-0.3, -0.25) is 4.79 Å². The fraction of sp³-hybridized carbons (Fsp3) is 0.364. The fourth-order valence-electron chi connectivity index (χ4n) is 1.21. The minimum atomic E-state index is -0.143. The summed E-state index contributed by atoms with van der Waals surface area (Å²) in [4.78, 5) is 11.6. The predicted molar refractivity (Wildman–Crippen MR) is 59.5 cm³/mol. The molecule has 1 aromatic rings. The highest BCUT2D eigenvalue weighted by molar-refractivity contribution is 5.94. The Kier molecular flexibility index (Phi) is 4.12. The lowest BCUT2D eigenvalue weighted by molar-refractivity contribution is 0.0934. The smallest absolute Gasteiger partial charge is 0.251 e. The second-order valence-corrected chi connectivity index (χ2v) is 3.51. The molecule has 0 fully saturated rings. The molecule has 0 bridgehead atoms. The Morgan fingerprint density at radius 1 is 1.47 bits per heavy atom. The number of nitrogens with one attached hydrogen (secondary N) is 1. The summed E-state index contributed by atoms with van der Waals surface area (Å²) in [6, 6.07) is 6.70. The molecule has 0 radical (unpaired) electrons. The van der Waals surface area contributed by atoms with Gasteiger partial charge in [-0.05, 0) is 37.6 Å². The highest BCUT2D eigenvalue weighted by Gasteiger charge is 2.08. The van der Waals surface area contributed by atoms with Crippen LogP contribution < -0.4 is 11.1 Å². The summed E-state index contributed by atoms with van der Waals surface area (Å²) in [7, 11) is 0. The van der Waals surface area contributed by atoms with Crippen molar-refractivity contribution in [3.63, 3.8) is 0 Å². The highest BCUT2D eigenvalue weighted by Crippen LogP contribution is 2.05. The first-order chi connectivity index (χ1) is 7.13. The number of carbonyl (C=O) groups excluding carboxylic acids is 1. The van der Waals surface area contributed by atoms with Crippen molar-refractivity contribution < 1.29 is 9.90 Å². The number of amides is 1. The molecule has 15 heavy (non-hydrogen) atoms. The molecule has 0 aliphatic carbocycles. The van der Waals surface area contributed by atoms with E-state index in [0.717, 1.165) is 0 Å². The van der Waals surface area contributed by atoms with Crippen LogP contribution in [-0.2, 0) is 0 Å². The van der Waals surface area contributed by atoms with Crippen LogP contribution in [0.1, 0.15) is 23.7 Å². The summed E-state index contributed by atoms with van der Waals surface area (Å²) in [5.74, 6) is -0.143. The third kappa shape index (κ3) is 3.59. The lowest BCUT2D eigenvalue weighted by Crippen LogP contribution is -2.33. The van der Waals surface area contributed by atoms with Gasteiger partial charge in [0, 0.05) is 23.9 Å². The van der Waals surface area contributed by atoms with Crippen molar-refractivity contribution in [2.45, 2.75) is 19.4 Å². The largest absolute Gasteiger partial charge is 0.399 e. The number of aliphatic hydroxyl groups is 1. The Labute approximate surface area is 89.1 Å². The van der Waals surface area contributed by atoms with Crippen molar-refractivity contribution in [3.05, 3.63) is 29.8 Å². The molecule has 0 saturated heterocycles. The zero-order chi connectivity index (χ0) is 11.3. The lowest BCUT2D eigenvalue weighted by atomic mass is 10.1. The first-order valence-electron chi connectivity index (χ1n) is 4.90. The number of aliphatic hydroxyl groups excluding tert-OH is 1. The molecule has 1 aromatic carbocycles.